The Morgan fingerprint density at radius 1 is 0.895 bits per heavy atom. The third-order valence-electron chi connectivity index (χ3n) is 4.52. The maximum atomic E-state index is 12.9. The maximum Gasteiger partial charge on any atom is 0.347 e. The maximum absolute atomic E-state index is 12.9. The van der Waals surface area contributed by atoms with Crippen molar-refractivity contribution in [1.82, 2.24) is 0 Å². The van der Waals surface area contributed by atoms with Gasteiger partial charge in [0.2, 0.25) is 5.91 Å². The topological polar surface area (TPSA) is 212 Å². The number of hydrogen-bond acceptors (Lipinski definition) is 12. The number of anilines is 1. The zero-order valence-corrected chi connectivity index (χ0v) is 20.5. The van der Waals surface area contributed by atoms with Crippen molar-refractivity contribution >= 4 is 40.7 Å². The molecule has 0 aliphatic rings. The Hall–Kier alpha value is -4.86. The Labute approximate surface area is 220 Å². The van der Waals surface area contributed by atoms with Crippen molar-refractivity contribution in [1.29, 1.82) is 0 Å². The number of esters is 2. The summed E-state index contributed by atoms with van der Waals surface area (Å²) in [6.45, 7) is -0.593. The number of ether oxygens (including phenoxy) is 2. The van der Waals surface area contributed by atoms with E-state index in [2.05, 4.69) is 15.0 Å². The van der Waals surface area contributed by atoms with Crippen LogP contribution in [0.2, 0.25) is 0 Å². The second-order valence-corrected chi connectivity index (χ2v) is 7.77. The van der Waals surface area contributed by atoms with Gasteiger partial charge in [-0.3, -0.25) is 9.59 Å². The highest BCUT2D eigenvalue weighted by molar-refractivity contribution is 7.80. The highest BCUT2D eigenvalue weighted by Crippen LogP contribution is 2.26. The van der Waals surface area contributed by atoms with Gasteiger partial charge in [0.25, 0.3) is 10.2 Å². The van der Waals surface area contributed by atoms with E-state index in [4.69, 9.17) is 27.4 Å². The van der Waals surface area contributed by atoms with E-state index >= 15 is 0 Å². The predicted molar refractivity (Wildman–Crippen MR) is 132 cm³/mol. The van der Waals surface area contributed by atoms with Gasteiger partial charge in [0, 0.05) is 24.1 Å². The molecule has 202 valence electrons. The number of amides is 1. The van der Waals surface area contributed by atoms with Crippen LogP contribution in [0.15, 0.2) is 42.5 Å². The molecule has 2 aromatic rings. The molecule has 0 bridgehead atoms. The van der Waals surface area contributed by atoms with Gasteiger partial charge in [0.1, 0.15) is 22.1 Å². The summed E-state index contributed by atoms with van der Waals surface area (Å²) in [5.74, 6) is -2.30. The van der Waals surface area contributed by atoms with Crippen LogP contribution in [0.25, 0.3) is 0 Å². The lowest BCUT2D eigenvalue weighted by molar-refractivity contribution is -0.757. The molecule has 0 saturated carbocycles. The summed E-state index contributed by atoms with van der Waals surface area (Å²) in [6, 6.07) is 9.81. The van der Waals surface area contributed by atoms with Gasteiger partial charge in [-0.25, -0.2) is 4.79 Å². The Balaban J connectivity index is 2.16. The molecule has 0 radical (unpaired) electrons. The minimum Gasteiger partial charge on any atom is -0.426 e. The van der Waals surface area contributed by atoms with E-state index in [9.17, 15) is 34.6 Å². The predicted octanol–water partition coefficient (Wildman–Crippen LogP) is 2.36. The van der Waals surface area contributed by atoms with Gasteiger partial charge in [-0.2, -0.15) is 0 Å². The van der Waals surface area contributed by atoms with Crippen LogP contribution in [0, 0.1) is 20.2 Å². The molecule has 0 fully saturated rings. The quantitative estimate of drug-likeness (QED) is 0.0814. The summed E-state index contributed by atoms with van der Waals surface area (Å²) in [4.78, 5) is 66.1. The smallest absolute Gasteiger partial charge is 0.347 e. The molecule has 16 heteroatoms. The van der Waals surface area contributed by atoms with Gasteiger partial charge >= 0.3 is 11.9 Å². The minimum absolute atomic E-state index is 0.0107. The zero-order chi connectivity index (χ0) is 28.1. The number of carbonyl (C=O) groups is 3. The van der Waals surface area contributed by atoms with E-state index < -0.39 is 28.0 Å². The first kappa shape index (κ1) is 29.4. The van der Waals surface area contributed by atoms with E-state index in [1.54, 1.807) is 0 Å². The highest BCUT2D eigenvalue weighted by Gasteiger charge is 2.19. The third-order valence-corrected chi connectivity index (χ3v) is 4.76. The van der Waals surface area contributed by atoms with Crippen LogP contribution in [0.1, 0.15) is 41.6 Å². The fourth-order valence-electron chi connectivity index (χ4n) is 2.83. The molecule has 2 aromatic carbocycles. The highest BCUT2D eigenvalue weighted by atomic mass is 32.1. The van der Waals surface area contributed by atoms with Crippen molar-refractivity contribution in [2.24, 2.45) is 5.73 Å². The summed E-state index contributed by atoms with van der Waals surface area (Å²) >= 11 is 4.88. The molecule has 0 saturated heterocycles. The molecule has 0 heterocycles. The summed E-state index contributed by atoms with van der Waals surface area (Å²) in [5, 5.41) is 20.9. The number of carbonyl (C=O) groups excluding carboxylic acids is 3. The average molecular weight is 551 g/mol. The van der Waals surface area contributed by atoms with Crippen LogP contribution in [-0.4, -0.2) is 46.2 Å². The van der Waals surface area contributed by atoms with Crippen molar-refractivity contribution in [2.45, 2.75) is 25.7 Å². The summed E-state index contributed by atoms with van der Waals surface area (Å²) < 4.78 is 10.6. The van der Waals surface area contributed by atoms with Gasteiger partial charge in [-0.05, 0) is 55.3 Å². The Morgan fingerprint density at radius 3 is 2.08 bits per heavy atom. The molecule has 15 nitrogen and oxygen atoms in total. The number of benzene rings is 2. The van der Waals surface area contributed by atoms with Gasteiger partial charge in [0.05, 0.1) is 13.2 Å². The van der Waals surface area contributed by atoms with Crippen LogP contribution < -0.4 is 20.5 Å². The van der Waals surface area contributed by atoms with E-state index in [1.165, 1.54) is 42.5 Å². The summed E-state index contributed by atoms with van der Waals surface area (Å²) in [6.07, 6.45) is -0.289. The lowest BCUT2D eigenvalue weighted by atomic mass is 10.1. The molecule has 0 atom stereocenters. The normalized spacial score (nSPS) is 10.1. The molecule has 2 rings (SSSR count). The van der Waals surface area contributed by atoms with E-state index in [-0.39, 0.29) is 66.6 Å². The SMILES string of the molecule is NC(=S)c1ccc(OC(=O)c2cc(NC(=O)CCCO[N+](=O)[O-])ccc2OC(=O)CCCO[N+](=O)[O-])cc1. The molecule has 0 spiro atoms. The van der Waals surface area contributed by atoms with Crippen LogP contribution in [0.5, 0.6) is 11.5 Å². The Kier molecular flexibility index (Phi) is 11.3. The van der Waals surface area contributed by atoms with Crippen molar-refractivity contribution in [3.05, 3.63) is 73.8 Å². The average Bonchev–Trinajstić information content (AvgIpc) is 2.85. The minimum atomic E-state index is -0.991. The molecular weight excluding hydrogens is 528 g/mol. The van der Waals surface area contributed by atoms with Gasteiger partial charge in [-0.1, -0.05) is 12.2 Å². The standard InChI is InChI=1S/C22H22N4O11S/c23-21(38)14-5-8-16(9-6-14)36-22(29)17-13-15(24-19(27)3-1-11-34-25(30)31)7-10-18(17)37-20(28)4-2-12-35-26(32)33/h5-10,13H,1-4,11-12H2,(H2,23,38)(H,24,27). The van der Waals surface area contributed by atoms with Gasteiger partial charge < -0.3 is 30.2 Å². The van der Waals surface area contributed by atoms with E-state index in [1.807, 2.05) is 0 Å². The summed E-state index contributed by atoms with van der Waals surface area (Å²) in [5.41, 5.74) is 6.03. The van der Waals surface area contributed by atoms with Crippen LogP contribution in [-0.2, 0) is 19.3 Å². The number of nitrogens with one attached hydrogen (secondary N) is 1. The first-order valence-corrected chi connectivity index (χ1v) is 11.3. The van der Waals surface area contributed by atoms with Crippen molar-refractivity contribution in [3.8, 4) is 11.5 Å². The zero-order valence-electron chi connectivity index (χ0n) is 19.7. The van der Waals surface area contributed by atoms with Crippen molar-refractivity contribution in [3.63, 3.8) is 0 Å². The number of hydrogen-bond donors (Lipinski definition) is 2. The molecule has 0 aromatic heterocycles. The molecular formula is C22H22N4O11S. The molecule has 3 N–H and O–H groups in total. The summed E-state index contributed by atoms with van der Waals surface area (Å²) in [7, 11) is 0. The van der Waals surface area contributed by atoms with Gasteiger partial charge in [0.15, 0.2) is 0 Å². The van der Waals surface area contributed by atoms with E-state index in [0.29, 0.717) is 5.56 Å². The molecule has 0 aliphatic carbocycles. The number of thiocarbonyl (C=S) groups is 1. The molecule has 0 aliphatic heterocycles. The third kappa shape index (κ3) is 10.4. The van der Waals surface area contributed by atoms with Crippen LogP contribution in [0.3, 0.4) is 0 Å². The number of nitrogens with zero attached hydrogens (tertiary/aromatic N) is 2. The van der Waals surface area contributed by atoms with Crippen molar-refractivity contribution < 1.29 is 43.7 Å². The van der Waals surface area contributed by atoms with Gasteiger partial charge in [-0.15, -0.1) is 20.2 Å². The largest absolute Gasteiger partial charge is 0.426 e. The number of rotatable bonds is 15. The first-order chi connectivity index (χ1) is 18.0. The Bertz CT molecular complexity index is 1200. The van der Waals surface area contributed by atoms with Crippen molar-refractivity contribution in [2.75, 3.05) is 18.5 Å². The molecule has 1 amide bonds. The first-order valence-electron chi connectivity index (χ1n) is 10.9. The lowest BCUT2D eigenvalue weighted by Gasteiger charge is -2.13. The fraction of sp³-hybridized carbons (Fsp3) is 0.273. The number of nitrogens with two attached hydrogens (primary N) is 1. The van der Waals surface area contributed by atoms with Crippen LogP contribution >= 0.6 is 12.2 Å². The fourth-order valence-corrected chi connectivity index (χ4v) is 2.97. The van der Waals surface area contributed by atoms with E-state index in [0.717, 1.165) is 0 Å². The molecule has 0 unspecified atom stereocenters. The lowest BCUT2D eigenvalue weighted by Crippen LogP contribution is -2.17. The Morgan fingerprint density at radius 2 is 1.50 bits per heavy atom. The second-order valence-electron chi connectivity index (χ2n) is 7.33. The van der Waals surface area contributed by atoms with Crippen LogP contribution in [0.4, 0.5) is 5.69 Å². The second kappa shape index (κ2) is 14.6. The monoisotopic (exact) mass is 550 g/mol. The molecule has 38 heavy (non-hydrogen) atoms.